The van der Waals surface area contributed by atoms with Gasteiger partial charge >= 0.3 is 5.69 Å². The first-order valence-corrected chi connectivity index (χ1v) is 5.08. The van der Waals surface area contributed by atoms with Crippen LogP contribution in [-0.2, 0) is 0 Å². The number of nitrogens with zero attached hydrogens (tertiary/aromatic N) is 4. The van der Waals surface area contributed by atoms with Crippen molar-refractivity contribution in [1.82, 2.24) is 9.97 Å². The molecule has 10 heteroatoms. The number of hydrogen-bond acceptors (Lipinski definition) is 9. The summed E-state index contributed by atoms with van der Waals surface area (Å²) in [5, 5.41) is 28.7. The van der Waals surface area contributed by atoms with Crippen molar-refractivity contribution >= 4 is 17.5 Å². The van der Waals surface area contributed by atoms with E-state index in [0.29, 0.717) is 0 Å². The Morgan fingerprint density at radius 3 is 2.50 bits per heavy atom. The molecule has 0 spiro atoms. The molecule has 1 aromatic rings. The summed E-state index contributed by atoms with van der Waals surface area (Å²) in [5.41, 5.74) is 1.85. The summed E-state index contributed by atoms with van der Waals surface area (Å²) >= 11 is 0. The number of aliphatic hydroxyl groups is 2. The second-order valence-corrected chi connectivity index (χ2v) is 3.24. The minimum absolute atomic E-state index is 0.00829. The van der Waals surface area contributed by atoms with E-state index in [2.05, 4.69) is 15.4 Å². The average molecular weight is 258 g/mol. The summed E-state index contributed by atoms with van der Waals surface area (Å²) in [6.07, 6.45) is 1.01. The van der Waals surface area contributed by atoms with Gasteiger partial charge in [-0.3, -0.25) is 15.5 Å². The van der Waals surface area contributed by atoms with Crippen molar-refractivity contribution in [3.8, 4) is 0 Å². The standard InChI is InChI=1S/C8H14N6O4/c9-12-8-10-5-6(14(17)18)7(11-8)13(1-3-15)2-4-16/h5,15-16H,1-4,9H2,(H,10,11,12). The molecule has 1 aromatic heterocycles. The molecular formula is C8H14N6O4. The highest BCUT2D eigenvalue weighted by molar-refractivity contribution is 5.58. The molecule has 5 N–H and O–H groups in total. The molecule has 0 saturated carbocycles. The molecular weight excluding hydrogens is 244 g/mol. The Morgan fingerprint density at radius 1 is 1.44 bits per heavy atom. The Labute approximate surface area is 102 Å². The molecule has 0 saturated heterocycles. The predicted octanol–water partition coefficient (Wildman–Crippen LogP) is -1.54. The Morgan fingerprint density at radius 2 is 2.06 bits per heavy atom. The normalized spacial score (nSPS) is 10.2. The Bertz CT molecular complexity index is 409. The summed E-state index contributed by atoms with van der Waals surface area (Å²) in [7, 11) is 0. The van der Waals surface area contributed by atoms with Gasteiger partial charge in [0.1, 0.15) is 6.20 Å². The van der Waals surface area contributed by atoms with E-state index in [1.54, 1.807) is 0 Å². The van der Waals surface area contributed by atoms with Crippen LogP contribution in [0.5, 0.6) is 0 Å². The van der Waals surface area contributed by atoms with Gasteiger partial charge in [-0.1, -0.05) is 0 Å². The summed E-state index contributed by atoms with van der Waals surface area (Å²) in [5.74, 6) is 5.13. The SMILES string of the molecule is NNc1ncc([N+](=O)[O-])c(N(CCO)CCO)n1. The summed E-state index contributed by atoms with van der Waals surface area (Å²) in [6, 6.07) is 0. The molecule has 10 nitrogen and oxygen atoms in total. The third-order valence-corrected chi connectivity index (χ3v) is 2.12. The van der Waals surface area contributed by atoms with E-state index in [-0.39, 0.29) is 43.8 Å². The van der Waals surface area contributed by atoms with Crippen LogP contribution in [0, 0.1) is 10.1 Å². The Hall–Kier alpha value is -2.04. The van der Waals surface area contributed by atoms with E-state index < -0.39 is 4.92 Å². The number of nitrogens with one attached hydrogen (secondary N) is 1. The molecule has 0 unspecified atom stereocenters. The smallest absolute Gasteiger partial charge is 0.329 e. The predicted molar refractivity (Wildman–Crippen MR) is 62.9 cm³/mol. The van der Waals surface area contributed by atoms with Gasteiger partial charge in [-0.25, -0.2) is 10.8 Å². The molecule has 0 fully saturated rings. The summed E-state index contributed by atoms with van der Waals surface area (Å²) in [6.45, 7) is -0.260. The van der Waals surface area contributed by atoms with Crippen molar-refractivity contribution in [2.45, 2.75) is 0 Å². The van der Waals surface area contributed by atoms with Gasteiger partial charge in [0.15, 0.2) is 0 Å². The molecule has 0 bridgehead atoms. The van der Waals surface area contributed by atoms with Crippen LogP contribution in [0.3, 0.4) is 0 Å². The lowest BCUT2D eigenvalue weighted by Gasteiger charge is -2.21. The topological polar surface area (TPSA) is 151 Å². The number of hydrazine groups is 1. The Balaban J connectivity index is 3.18. The molecule has 1 rings (SSSR count). The monoisotopic (exact) mass is 258 g/mol. The number of anilines is 2. The first kappa shape index (κ1) is 14.0. The van der Waals surface area contributed by atoms with Crippen LogP contribution < -0.4 is 16.2 Å². The largest absolute Gasteiger partial charge is 0.395 e. The highest BCUT2D eigenvalue weighted by Gasteiger charge is 2.22. The van der Waals surface area contributed by atoms with E-state index >= 15 is 0 Å². The van der Waals surface area contributed by atoms with Gasteiger partial charge in [0, 0.05) is 13.1 Å². The van der Waals surface area contributed by atoms with Gasteiger partial charge in [-0.2, -0.15) is 4.98 Å². The molecule has 0 atom stereocenters. The van der Waals surface area contributed by atoms with Crippen molar-refractivity contribution in [1.29, 1.82) is 0 Å². The first-order chi connectivity index (χ1) is 8.63. The number of rotatable bonds is 7. The van der Waals surface area contributed by atoms with Crippen LogP contribution in [0.1, 0.15) is 0 Å². The van der Waals surface area contributed by atoms with Gasteiger partial charge in [0.05, 0.1) is 18.1 Å². The molecule has 0 aliphatic heterocycles. The van der Waals surface area contributed by atoms with Crippen LogP contribution in [0.2, 0.25) is 0 Å². The highest BCUT2D eigenvalue weighted by Crippen LogP contribution is 2.25. The molecule has 0 aliphatic carbocycles. The zero-order valence-electron chi connectivity index (χ0n) is 9.48. The fourth-order valence-electron chi connectivity index (χ4n) is 1.36. The van der Waals surface area contributed by atoms with E-state index in [1.165, 1.54) is 4.90 Å². The van der Waals surface area contributed by atoms with Crippen LogP contribution in [0.4, 0.5) is 17.5 Å². The number of aromatic nitrogens is 2. The minimum Gasteiger partial charge on any atom is -0.395 e. The van der Waals surface area contributed by atoms with Gasteiger partial charge < -0.3 is 15.1 Å². The second kappa shape index (κ2) is 6.64. The fraction of sp³-hybridized carbons (Fsp3) is 0.500. The van der Waals surface area contributed by atoms with Crippen molar-refractivity contribution in [3.63, 3.8) is 0 Å². The van der Waals surface area contributed by atoms with E-state index in [9.17, 15) is 10.1 Å². The summed E-state index contributed by atoms with van der Waals surface area (Å²) < 4.78 is 0. The van der Waals surface area contributed by atoms with Crippen LogP contribution in [0.25, 0.3) is 0 Å². The lowest BCUT2D eigenvalue weighted by Crippen LogP contribution is -2.31. The van der Waals surface area contributed by atoms with Gasteiger partial charge in [-0.15, -0.1) is 0 Å². The number of aliphatic hydroxyl groups excluding tert-OH is 2. The molecule has 0 aromatic carbocycles. The van der Waals surface area contributed by atoms with E-state index in [0.717, 1.165) is 6.20 Å². The lowest BCUT2D eigenvalue weighted by atomic mass is 10.4. The minimum atomic E-state index is -0.641. The van der Waals surface area contributed by atoms with Crippen molar-refractivity contribution in [3.05, 3.63) is 16.3 Å². The maximum Gasteiger partial charge on any atom is 0.329 e. The highest BCUT2D eigenvalue weighted by atomic mass is 16.6. The fourth-order valence-corrected chi connectivity index (χ4v) is 1.36. The molecule has 100 valence electrons. The third kappa shape index (κ3) is 3.23. The van der Waals surface area contributed by atoms with Gasteiger partial charge in [0.2, 0.25) is 11.8 Å². The summed E-state index contributed by atoms with van der Waals surface area (Å²) in [4.78, 5) is 19.1. The van der Waals surface area contributed by atoms with Crippen molar-refractivity contribution in [2.75, 3.05) is 36.6 Å². The zero-order valence-corrected chi connectivity index (χ0v) is 9.48. The first-order valence-electron chi connectivity index (χ1n) is 5.08. The molecule has 18 heavy (non-hydrogen) atoms. The van der Waals surface area contributed by atoms with Crippen LogP contribution in [0.15, 0.2) is 6.20 Å². The second-order valence-electron chi connectivity index (χ2n) is 3.24. The quantitative estimate of drug-likeness (QED) is 0.259. The number of nitrogen functional groups attached to an aromatic ring is 1. The van der Waals surface area contributed by atoms with Crippen molar-refractivity contribution < 1.29 is 15.1 Å². The number of hydrogen-bond donors (Lipinski definition) is 4. The van der Waals surface area contributed by atoms with Gasteiger partial charge in [-0.05, 0) is 0 Å². The maximum atomic E-state index is 10.9. The van der Waals surface area contributed by atoms with Crippen molar-refractivity contribution in [2.24, 2.45) is 5.84 Å². The van der Waals surface area contributed by atoms with Gasteiger partial charge in [0.25, 0.3) is 0 Å². The van der Waals surface area contributed by atoms with E-state index in [4.69, 9.17) is 16.1 Å². The number of nitrogens with two attached hydrogens (primary N) is 1. The maximum absolute atomic E-state index is 10.9. The third-order valence-electron chi connectivity index (χ3n) is 2.12. The molecule has 0 amide bonds. The van der Waals surface area contributed by atoms with E-state index in [1.807, 2.05) is 0 Å². The Kier molecular flexibility index (Phi) is 5.17. The van der Waals surface area contributed by atoms with Crippen LogP contribution >= 0.6 is 0 Å². The lowest BCUT2D eigenvalue weighted by molar-refractivity contribution is -0.384. The average Bonchev–Trinajstić information content (AvgIpc) is 2.37. The molecule has 1 heterocycles. The van der Waals surface area contributed by atoms with Crippen LogP contribution in [-0.4, -0.2) is 51.4 Å². The molecule has 0 radical (unpaired) electrons. The molecule has 0 aliphatic rings. The zero-order chi connectivity index (χ0) is 13.5. The number of nitro groups is 1.